The molecule has 1 heterocycles. The Bertz CT molecular complexity index is 308. The van der Waals surface area contributed by atoms with Gasteiger partial charge in [-0.2, -0.15) is 0 Å². The standard InChI is InChI=1S/C12H16FNO/c13-12-3-1-2-10(7-12)6-11-8-14-4-5-15-9-11/h1-3,7,11,14H,4-6,8-9H2/t11-/m0/s1. The number of nitrogens with one attached hydrogen (secondary N) is 1. The van der Waals surface area contributed by atoms with E-state index in [0.29, 0.717) is 5.92 Å². The lowest BCUT2D eigenvalue weighted by atomic mass is 10.00. The third-order valence-electron chi connectivity index (χ3n) is 2.62. The van der Waals surface area contributed by atoms with Crippen molar-refractivity contribution < 1.29 is 9.13 Å². The largest absolute Gasteiger partial charge is 0.380 e. The molecule has 3 heteroatoms. The van der Waals surface area contributed by atoms with Crippen molar-refractivity contribution in [1.82, 2.24) is 5.32 Å². The maximum atomic E-state index is 13.0. The van der Waals surface area contributed by atoms with Crippen LogP contribution in [-0.4, -0.2) is 26.3 Å². The van der Waals surface area contributed by atoms with E-state index in [-0.39, 0.29) is 5.82 Å². The lowest BCUT2D eigenvalue weighted by Gasteiger charge is -2.13. The number of hydrogen-bond donors (Lipinski definition) is 1. The Kier molecular flexibility index (Phi) is 3.69. The van der Waals surface area contributed by atoms with Gasteiger partial charge in [-0.15, -0.1) is 0 Å². The molecule has 82 valence electrons. The molecule has 1 saturated heterocycles. The van der Waals surface area contributed by atoms with Crippen molar-refractivity contribution in [3.8, 4) is 0 Å². The van der Waals surface area contributed by atoms with E-state index in [0.717, 1.165) is 38.3 Å². The quantitative estimate of drug-likeness (QED) is 0.799. The van der Waals surface area contributed by atoms with Crippen LogP contribution in [0.2, 0.25) is 0 Å². The van der Waals surface area contributed by atoms with Gasteiger partial charge in [-0.05, 0) is 30.0 Å². The van der Waals surface area contributed by atoms with Crippen LogP contribution in [0, 0.1) is 11.7 Å². The first-order chi connectivity index (χ1) is 7.34. The monoisotopic (exact) mass is 209 g/mol. The molecule has 0 aromatic heterocycles. The van der Waals surface area contributed by atoms with Crippen molar-refractivity contribution in [2.24, 2.45) is 5.92 Å². The smallest absolute Gasteiger partial charge is 0.123 e. The zero-order valence-electron chi connectivity index (χ0n) is 8.71. The molecule has 2 rings (SSSR count). The van der Waals surface area contributed by atoms with Crippen LogP contribution in [0.4, 0.5) is 4.39 Å². The van der Waals surface area contributed by atoms with Crippen molar-refractivity contribution in [1.29, 1.82) is 0 Å². The zero-order valence-corrected chi connectivity index (χ0v) is 8.71. The van der Waals surface area contributed by atoms with Gasteiger partial charge >= 0.3 is 0 Å². The summed E-state index contributed by atoms with van der Waals surface area (Å²) in [6.07, 6.45) is 0.880. The van der Waals surface area contributed by atoms with E-state index >= 15 is 0 Å². The second-order valence-corrected chi connectivity index (χ2v) is 3.98. The third-order valence-corrected chi connectivity index (χ3v) is 2.62. The Hall–Kier alpha value is -0.930. The highest BCUT2D eigenvalue weighted by molar-refractivity contribution is 5.16. The molecular formula is C12H16FNO. The molecule has 1 N–H and O–H groups in total. The second-order valence-electron chi connectivity index (χ2n) is 3.98. The molecule has 2 nitrogen and oxygen atoms in total. The molecule has 0 bridgehead atoms. The second kappa shape index (κ2) is 5.24. The summed E-state index contributed by atoms with van der Waals surface area (Å²) in [6.45, 7) is 3.42. The summed E-state index contributed by atoms with van der Waals surface area (Å²) >= 11 is 0. The van der Waals surface area contributed by atoms with Gasteiger partial charge in [0.1, 0.15) is 5.82 Å². The number of ether oxygens (including phenoxy) is 1. The van der Waals surface area contributed by atoms with E-state index in [4.69, 9.17) is 4.74 Å². The molecule has 1 aliphatic heterocycles. The minimum atomic E-state index is -0.157. The van der Waals surface area contributed by atoms with Gasteiger partial charge in [-0.1, -0.05) is 12.1 Å². The Balaban J connectivity index is 1.95. The highest BCUT2D eigenvalue weighted by Gasteiger charge is 2.12. The molecule has 0 spiro atoms. The van der Waals surface area contributed by atoms with Gasteiger partial charge in [0.15, 0.2) is 0 Å². The highest BCUT2D eigenvalue weighted by Crippen LogP contribution is 2.11. The number of hydrogen-bond acceptors (Lipinski definition) is 2. The summed E-state index contributed by atoms with van der Waals surface area (Å²) < 4.78 is 18.4. The van der Waals surface area contributed by atoms with E-state index in [9.17, 15) is 4.39 Å². The van der Waals surface area contributed by atoms with E-state index in [1.807, 2.05) is 6.07 Å². The van der Waals surface area contributed by atoms with E-state index in [1.54, 1.807) is 12.1 Å². The van der Waals surface area contributed by atoms with Gasteiger partial charge in [0.05, 0.1) is 13.2 Å². The van der Waals surface area contributed by atoms with Gasteiger partial charge in [0.2, 0.25) is 0 Å². The molecule has 1 aromatic carbocycles. The first kappa shape index (κ1) is 10.6. The number of benzene rings is 1. The molecule has 1 aliphatic rings. The Morgan fingerprint density at radius 2 is 2.40 bits per heavy atom. The van der Waals surface area contributed by atoms with Gasteiger partial charge in [-0.3, -0.25) is 0 Å². The number of rotatable bonds is 2. The molecule has 0 saturated carbocycles. The molecule has 1 atom stereocenters. The fourth-order valence-electron chi connectivity index (χ4n) is 1.89. The van der Waals surface area contributed by atoms with Crippen molar-refractivity contribution in [3.63, 3.8) is 0 Å². The predicted octanol–water partition coefficient (Wildman–Crippen LogP) is 1.60. The summed E-state index contributed by atoms with van der Waals surface area (Å²) in [4.78, 5) is 0. The minimum Gasteiger partial charge on any atom is -0.380 e. The molecule has 0 aliphatic carbocycles. The van der Waals surface area contributed by atoms with Crippen LogP contribution in [-0.2, 0) is 11.2 Å². The fraction of sp³-hybridized carbons (Fsp3) is 0.500. The summed E-state index contributed by atoms with van der Waals surface area (Å²) in [5.74, 6) is 0.296. The Labute approximate surface area is 89.4 Å². The van der Waals surface area contributed by atoms with Crippen molar-refractivity contribution in [2.75, 3.05) is 26.3 Å². The average Bonchev–Trinajstić information content (AvgIpc) is 2.46. The first-order valence-electron chi connectivity index (χ1n) is 5.37. The normalized spacial score (nSPS) is 22.3. The maximum absolute atomic E-state index is 13.0. The molecule has 0 unspecified atom stereocenters. The van der Waals surface area contributed by atoms with Gasteiger partial charge in [0, 0.05) is 13.1 Å². The SMILES string of the molecule is Fc1cccc(C[C@H]2CNCCOC2)c1. The number of halogens is 1. The van der Waals surface area contributed by atoms with Gasteiger partial charge in [0.25, 0.3) is 0 Å². The fourth-order valence-corrected chi connectivity index (χ4v) is 1.89. The van der Waals surface area contributed by atoms with Crippen LogP contribution in [0.3, 0.4) is 0 Å². The first-order valence-corrected chi connectivity index (χ1v) is 5.37. The Morgan fingerprint density at radius 1 is 1.47 bits per heavy atom. The minimum absolute atomic E-state index is 0.157. The highest BCUT2D eigenvalue weighted by atomic mass is 19.1. The summed E-state index contributed by atoms with van der Waals surface area (Å²) in [6, 6.07) is 6.81. The van der Waals surface area contributed by atoms with Crippen LogP contribution >= 0.6 is 0 Å². The van der Waals surface area contributed by atoms with E-state index in [1.165, 1.54) is 6.07 Å². The van der Waals surface area contributed by atoms with Gasteiger partial charge < -0.3 is 10.1 Å². The maximum Gasteiger partial charge on any atom is 0.123 e. The summed E-state index contributed by atoms with van der Waals surface area (Å²) in [7, 11) is 0. The van der Waals surface area contributed by atoms with E-state index in [2.05, 4.69) is 5.32 Å². The average molecular weight is 209 g/mol. The van der Waals surface area contributed by atoms with Crippen molar-refractivity contribution in [2.45, 2.75) is 6.42 Å². The molecule has 1 aromatic rings. The molecule has 15 heavy (non-hydrogen) atoms. The van der Waals surface area contributed by atoms with Crippen LogP contribution in [0.5, 0.6) is 0 Å². The lowest BCUT2D eigenvalue weighted by molar-refractivity contribution is 0.123. The van der Waals surface area contributed by atoms with Crippen molar-refractivity contribution in [3.05, 3.63) is 35.6 Å². The third kappa shape index (κ3) is 3.29. The summed E-state index contributed by atoms with van der Waals surface area (Å²) in [5.41, 5.74) is 1.05. The molecular weight excluding hydrogens is 193 g/mol. The molecule has 0 amide bonds. The predicted molar refractivity (Wildman–Crippen MR) is 57.3 cm³/mol. The zero-order chi connectivity index (χ0) is 10.5. The lowest BCUT2D eigenvalue weighted by Crippen LogP contribution is -2.24. The topological polar surface area (TPSA) is 21.3 Å². The molecule has 0 radical (unpaired) electrons. The molecule has 1 fully saturated rings. The van der Waals surface area contributed by atoms with Gasteiger partial charge in [-0.25, -0.2) is 4.39 Å². The van der Waals surface area contributed by atoms with Crippen molar-refractivity contribution >= 4 is 0 Å². The van der Waals surface area contributed by atoms with Crippen LogP contribution in [0.15, 0.2) is 24.3 Å². The van der Waals surface area contributed by atoms with Crippen LogP contribution in [0.1, 0.15) is 5.56 Å². The summed E-state index contributed by atoms with van der Waals surface area (Å²) in [5, 5.41) is 3.31. The van der Waals surface area contributed by atoms with Crippen LogP contribution in [0.25, 0.3) is 0 Å². The van der Waals surface area contributed by atoms with E-state index < -0.39 is 0 Å². The Morgan fingerprint density at radius 3 is 3.27 bits per heavy atom. The van der Waals surface area contributed by atoms with Crippen LogP contribution < -0.4 is 5.32 Å².